The first-order valence-electron chi connectivity index (χ1n) is 7.49. The summed E-state index contributed by atoms with van der Waals surface area (Å²) in [6.07, 6.45) is 1.11. The Balaban J connectivity index is 1.91. The van der Waals surface area contributed by atoms with Gasteiger partial charge in [0.1, 0.15) is 23.9 Å². The van der Waals surface area contributed by atoms with Gasteiger partial charge in [-0.15, -0.1) is 0 Å². The molecule has 0 bridgehead atoms. The molecule has 2 aromatic carbocycles. The lowest BCUT2D eigenvalue weighted by molar-refractivity contribution is -0.116. The van der Waals surface area contributed by atoms with Crippen molar-refractivity contribution < 1.29 is 17.6 Å². The number of para-hydroxylation sites is 2. The van der Waals surface area contributed by atoms with Crippen LogP contribution >= 0.6 is 0 Å². The van der Waals surface area contributed by atoms with Crippen LogP contribution in [0.15, 0.2) is 48.5 Å². The largest absolute Gasteiger partial charge is 0.324 e. The van der Waals surface area contributed by atoms with Gasteiger partial charge in [-0.2, -0.15) is 0 Å². The second-order valence-electron chi connectivity index (χ2n) is 5.73. The molecule has 0 aliphatic heterocycles. The Morgan fingerprint density at radius 1 is 1.20 bits per heavy atom. The molecule has 3 aromatic rings. The molecular formula is C17H16FN3O3S. The lowest BCUT2D eigenvalue weighted by Gasteiger charge is -2.10. The van der Waals surface area contributed by atoms with Crippen molar-refractivity contribution in [3.63, 3.8) is 0 Å². The molecule has 6 nitrogen and oxygen atoms in total. The number of benzene rings is 2. The lowest BCUT2D eigenvalue weighted by Crippen LogP contribution is -2.21. The number of anilines is 1. The Morgan fingerprint density at radius 2 is 1.96 bits per heavy atom. The van der Waals surface area contributed by atoms with Gasteiger partial charge in [-0.3, -0.25) is 4.79 Å². The van der Waals surface area contributed by atoms with E-state index in [1.165, 1.54) is 18.2 Å². The van der Waals surface area contributed by atoms with Crippen molar-refractivity contribution in [3.05, 3.63) is 60.2 Å². The SMILES string of the molecule is CS(=O)(=O)Cc1nc2ccccc2n1CC(=O)Nc1cccc(F)c1. The first-order chi connectivity index (χ1) is 11.8. The topological polar surface area (TPSA) is 81.1 Å². The van der Waals surface area contributed by atoms with E-state index in [0.717, 1.165) is 6.26 Å². The van der Waals surface area contributed by atoms with E-state index in [-0.39, 0.29) is 18.1 Å². The number of hydrogen-bond acceptors (Lipinski definition) is 4. The van der Waals surface area contributed by atoms with Crippen molar-refractivity contribution in [2.75, 3.05) is 11.6 Å². The highest BCUT2D eigenvalue weighted by atomic mass is 32.2. The van der Waals surface area contributed by atoms with Gasteiger partial charge >= 0.3 is 0 Å². The zero-order chi connectivity index (χ0) is 18.0. The van der Waals surface area contributed by atoms with Gasteiger partial charge in [-0.1, -0.05) is 18.2 Å². The summed E-state index contributed by atoms with van der Waals surface area (Å²) in [4.78, 5) is 16.6. The monoisotopic (exact) mass is 361 g/mol. The summed E-state index contributed by atoms with van der Waals surface area (Å²) in [5, 5.41) is 2.60. The number of carbonyl (C=O) groups is 1. The van der Waals surface area contributed by atoms with Gasteiger partial charge in [0.15, 0.2) is 9.84 Å². The van der Waals surface area contributed by atoms with E-state index >= 15 is 0 Å². The van der Waals surface area contributed by atoms with Gasteiger partial charge < -0.3 is 9.88 Å². The normalized spacial score (nSPS) is 11.6. The second-order valence-corrected chi connectivity index (χ2v) is 7.87. The molecule has 0 aliphatic rings. The fourth-order valence-electron chi connectivity index (χ4n) is 2.56. The predicted octanol–water partition coefficient (Wildman–Crippen LogP) is 2.36. The quantitative estimate of drug-likeness (QED) is 0.756. The molecule has 0 saturated carbocycles. The lowest BCUT2D eigenvalue weighted by atomic mass is 10.3. The highest BCUT2D eigenvalue weighted by Gasteiger charge is 2.17. The molecule has 0 aliphatic carbocycles. The van der Waals surface area contributed by atoms with E-state index in [9.17, 15) is 17.6 Å². The van der Waals surface area contributed by atoms with Crippen molar-refractivity contribution in [2.45, 2.75) is 12.3 Å². The number of imidazole rings is 1. The molecule has 0 radical (unpaired) electrons. The summed E-state index contributed by atoms with van der Waals surface area (Å²) in [7, 11) is -3.31. The Labute approximate surface area is 144 Å². The minimum absolute atomic E-state index is 0.123. The van der Waals surface area contributed by atoms with Crippen LogP contribution in [0.2, 0.25) is 0 Å². The smallest absolute Gasteiger partial charge is 0.244 e. The molecule has 0 fully saturated rings. The first-order valence-corrected chi connectivity index (χ1v) is 9.55. The van der Waals surface area contributed by atoms with Crippen LogP contribution < -0.4 is 5.32 Å². The Hall–Kier alpha value is -2.74. The Bertz CT molecular complexity index is 1040. The number of sulfone groups is 1. The van der Waals surface area contributed by atoms with Gasteiger partial charge in [0.2, 0.25) is 5.91 Å². The molecule has 1 N–H and O–H groups in total. The summed E-state index contributed by atoms with van der Waals surface area (Å²) in [6.45, 7) is -0.123. The van der Waals surface area contributed by atoms with Gasteiger partial charge in [0.05, 0.1) is 11.0 Å². The van der Waals surface area contributed by atoms with Crippen molar-refractivity contribution in [3.8, 4) is 0 Å². The summed E-state index contributed by atoms with van der Waals surface area (Å²) in [5.41, 5.74) is 1.61. The van der Waals surface area contributed by atoms with E-state index in [1.807, 2.05) is 0 Å². The average Bonchev–Trinajstić information content (AvgIpc) is 2.83. The zero-order valence-corrected chi connectivity index (χ0v) is 14.3. The fraction of sp³-hybridized carbons (Fsp3) is 0.176. The van der Waals surface area contributed by atoms with Crippen LogP contribution in [0.1, 0.15) is 5.82 Å². The zero-order valence-electron chi connectivity index (χ0n) is 13.4. The summed E-state index contributed by atoms with van der Waals surface area (Å²) in [6, 6.07) is 12.7. The molecule has 1 heterocycles. The maximum atomic E-state index is 13.2. The van der Waals surface area contributed by atoms with E-state index in [0.29, 0.717) is 16.7 Å². The summed E-state index contributed by atoms with van der Waals surface area (Å²) >= 11 is 0. The number of carbonyl (C=O) groups excluding carboxylic acids is 1. The molecule has 1 aromatic heterocycles. The number of nitrogens with zero attached hydrogens (tertiary/aromatic N) is 2. The third-order valence-electron chi connectivity index (χ3n) is 3.53. The highest BCUT2D eigenvalue weighted by Crippen LogP contribution is 2.18. The molecule has 1 amide bonds. The number of nitrogens with one attached hydrogen (secondary N) is 1. The van der Waals surface area contributed by atoms with Gasteiger partial charge in [0.25, 0.3) is 0 Å². The van der Waals surface area contributed by atoms with E-state index < -0.39 is 21.6 Å². The van der Waals surface area contributed by atoms with Crippen LogP contribution in [0.3, 0.4) is 0 Å². The minimum Gasteiger partial charge on any atom is -0.324 e. The van der Waals surface area contributed by atoms with Crippen LogP contribution in [-0.4, -0.2) is 30.1 Å². The summed E-state index contributed by atoms with van der Waals surface area (Å²) in [5.74, 6) is -0.834. The number of halogens is 1. The van der Waals surface area contributed by atoms with Crippen molar-refractivity contribution >= 4 is 32.5 Å². The van der Waals surface area contributed by atoms with Gasteiger partial charge in [-0.05, 0) is 30.3 Å². The standard InChI is InChI=1S/C17H16FN3O3S/c1-25(23,24)11-16-20-14-7-2-3-8-15(14)21(16)10-17(22)19-13-6-4-5-12(18)9-13/h2-9H,10-11H2,1H3,(H,19,22). The Morgan fingerprint density at radius 3 is 2.68 bits per heavy atom. The van der Waals surface area contributed by atoms with Crippen molar-refractivity contribution in [2.24, 2.45) is 0 Å². The third-order valence-corrected chi connectivity index (χ3v) is 4.32. The maximum Gasteiger partial charge on any atom is 0.244 e. The Kier molecular flexibility index (Phi) is 4.54. The molecule has 0 atom stereocenters. The number of rotatable bonds is 5. The molecule has 0 saturated heterocycles. The van der Waals surface area contributed by atoms with Crippen molar-refractivity contribution in [1.29, 1.82) is 0 Å². The molecular weight excluding hydrogens is 345 g/mol. The first kappa shape index (κ1) is 17.1. The predicted molar refractivity (Wildman–Crippen MR) is 93.3 cm³/mol. The fourth-order valence-corrected chi connectivity index (χ4v) is 3.25. The van der Waals surface area contributed by atoms with Gasteiger partial charge in [0, 0.05) is 11.9 Å². The second kappa shape index (κ2) is 6.64. The number of amides is 1. The van der Waals surface area contributed by atoms with Crippen LogP contribution in [0.4, 0.5) is 10.1 Å². The van der Waals surface area contributed by atoms with Crippen molar-refractivity contribution in [1.82, 2.24) is 9.55 Å². The molecule has 0 spiro atoms. The number of fused-ring (bicyclic) bond motifs is 1. The van der Waals surface area contributed by atoms with E-state index in [2.05, 4.69) is 10.3 Å². The number of hydrogen-bond donors (Lipinski definition) is 1. The molecule has 0 unspecified atom stereocenters. The van der Waals surface area contributed by atoms with Crippen LogP contribution in [0.25, 0.3) is 11.0 Å². The molecule has 8 heteroatoms. The average molecular weight is 361 g/mol. The summed E-state index contributed by atoms with van der Waals surface area (Å²) < 4.78 is 38.1. The minimum atomic E-state index is -3.31. The van der Waals surface area contributed by atoms with E-state index in [4.69, 9.17) is 0 Å². The molecule has 25 heavy (non-hydrogen) atoms. The third kappa shape index (κ3) is 4.21. The highest BCUT2D eigenvalue weighted by molar-refractivity contribution is 7.89. The molecule has 130 valence electrons. The number of aromatic nitrogens is 2. The molecule has 3 rings (SSSR count). The van der Waals surface area contributed by atoms with Crippen LogP contribution in [0, 0.1) is 5.82 Å². The maximum absolute atomic E-state index is 13.2. The van der Waals surface area contributed by atoms with Crippen LogP contribution in [0.5, 0.6) is 0 Å². The van der Waals surface area contributed by atoms with E-state index in [1.54, 1.807) is 34.9 Å². The van der Waals surface area contributed by atoms with Gasteiger partial charge in [-0.25, -0.2) is 17.8 Å². The van der Waals surface area contributed by atoms with Crippen LogP contribution in [-0.2, 0) is 26.9 Å².